The van der Waals surface area contributed by atoms with Crippen LogP contribution < -0.4 is 5.32 Å². The Labute approximate surface area is 81.1 Å². The van der Waals surface area contributed by atoms with E-state index in [0.717, 1.165) is 5.70 Å². The molecule has 0 unspecified atom stereocenters. The van der Waals surface area contributed by atoms with Crippen LogP contribution in [0.15, 0.2) is 17.0 Å². The van der Waals surface area contributed by atoms with Gasteiger partial charge in [-0.25, -0.2) is 5.53 Å². The van der Waals surface area contributed by atoms with E-state index in [9.17, 15) is 0 Å². The van der Waals surface area contributed by atoms with Crippen molar-refractivity contribution in [2.24, 2.45) is 10.5 Å². The van der Waals surface area contributed by atoms with Crippen molar-refractivity contribution in [1.82, 2.24) is 5.32 Å². The fraction of sp³-hybridized carbons (Fsp3) is 0.800. The van der Waals surface area contributed by atoms with Crippen molar-refractivity contribution in [2.45, 2.75) is 47.1 Å². The van der Waals surface area contributed by atoms with Crippen molar-refractivity contribution >= 4 is 0 Å². The topological polar surface area (TPSA) is 48.2 Å². The summed E-state index contributed by atoms with van der Waals surface area (Å²) in [6.45, 7) is 12.4. The molecule has 3 nitrogen and oxygen atoms in total. The lowest BCUT2D eigenvalue weighted by Gasteiger charge is -2.23. The number of allylic oxidation sites excluding steroid dienone is 1. The Bertz CT molecular complexity index is 203. The summed E-state index contributed by atoms with van der Waals surface area (Å²) in [7, 11) is 0. The van der Waals surface area contributed by atoms with Gasteiger partial charge in [-0.1, -0.05) is 20.8 Å². The lowest BCUT2D eigenvalue weighted by molar-refractivity contribution is 0.455. The van der Waals surface area contributed by atoms with Crippen molar-refractivity contribution in [1.29, 1.82) is 5.53 Å². The molecular weight excluding hydrogens is 162 g/mol. The first-order chi connectivity index (χ1) is 5.67. The van der Waals surface area contributed by atoms with Crippen molar-refractivity contribution in [3.63, 3.8) is 0 Å². The van der Waals surface area contributed by atoms with Crippen LogP contribution in [-0.4, -0.2) is 5.54 Å². The molecule has 0 amide bonds. The van der Waals surface area contributed by atoms with Gasteiger partial charge in [0.25, 0.3) is 0 Å². The lowest BCUT2D eigenvalue weighted by atomic mass is 9.93. The molecule has 0 aromatic carbocycles. The van der Waals surface area contributed by atoms with Gasteiger partial charge in [0.2, 0.25) is 0 Å². The minimum atomic E-state index is -0.0694. The zero-order chi connectivity index (χ0) is 10.7. The van der Waals surface area contributed by atoms with Gasteiger partial charge >= 0.3 is 0 Å². The molecule has 0 radical (unpaired) electrons. The third-order valence-electron chi connectivity index (χ3n) is 1.53. The molecule has 0 fully saturated rings. The molecule has 2 N–H and O–H groups in total. The van der Waals surface area contributed by atoms with Gasteiger partial charge in [-0.15, -0.1) is 0 Å². The average molecular weight is 183 g/mol. The lowest BCUT2D eigenvalue weighted by Crippen LogP contribution is -2.32. The molecule has 0 bridgehead atoms. The van der Waals surface area contributed by atoms with Crippen molar-refractivity contribution in [2.75, 3.05) is 0 Å². The maximum Gasteiger partial charge on any atom is 0.0833 e. The van der Waals surface area contributed by atoms with Crippen LogP contribution in [0.3, 0.4) is 0 Å². The van der Waals surface area contributed by atoms with Crippen LogP contribution in [0.2, 0.25) is 0 Å². The maximum atomic E-state index is 7.04. The van der Waals surface area contributed by atoms with Gasteiger partial charge in [0.1, 0.15) is 0 Å². The van der Waals surface area contributed by atoms with Crippen LogP contribution in [0, 0.1) is 10.9 Å². The van der Waals surface area contributed by atoms with E-state index in [2.05, 4.69) is 31.2 Å². The average Bonchev–Trinajstić information content (AvgIpc) is 1.82. The van der Waals surface area contributed by atoms with E-state index in [4.69, 9.17) is 5.53 Å². The van der Waals surface area contributed by atoms with Gasteiger partial charge in [0.05, 0.1) is 5.70 Å². The number of nitrogens with one attached hydrogen (secondary N) is 2. The normalized spacial score (nSPS) is 14.2. The van der Waals surface area contributed by atoms with Crippen molar-refractivity contribution < 1.29 is 0 Å². The molecule has 0 heterocycles. The summed E-state index contributed by atoms with van der Waals surface area (Å²) >= 11 is 0. The fourth-order valence-corrected chi connectivity index (χ4v) is 0.701. The van der Waals surface area contributed by atoms with E-state index in [0.29, 0.717) is 0 Å². The van der Waals surface area contributed by atoms with Crippen LogP contribution >= 0.6 is 0 Å². The molecule has 0 aliphatic carbocycles. The SMILES string of the molecule is CC(C)(C)N/C=C(\N=N)C(C)(C)C. The van der Waals surface area contributed by atoms with Crippen LogP contribution in [0.5, 0.6) is 0 Å². The Morgan fingerprint density at radius 3 is 1.85 bits per heavy atom. The van der Waals surface area contributed by atoms with Crippen molar-refractivity contribution in [3.8, 4) is 0 Å². The van der Waals surface area contributed by atoms with Crippen LogP contribution in [0.25, 0.3) is 0 Å². The van der Waals surface area contributed by atoms with Gasteiger partial charge in [-0.3, -0.25) is 0 Å². The molecule has 0 aliphatic heterocycles. The highest BCUT2D eigenvalue weighted by atomic mass is 15.0. The quantitative estimate of drug-likeness (QED) is 0.634. The fourth-order valence-electron chi connectivity index (χ4n) is 0.701. The second kappa shape index (κ2) is 3.90. The van der Waals surface area contributed by atoms with E-state index in [-0.39, 0.29) is 11.0 Å². The zero-order valence-electron chi connectivity index (χ0n) is 9.52. The van der Waals surface area contributed by atoms with Crippen molar-refractivity contribution in [3.05, 3.63) is 11.9 Å². The minimum Gasteiger partial charge on any atom is -0.385 e. The van der Waals surface area contributed by atoms with E-state index < -0.39 is 0 Å². The van der Waals surface area contributed by atoms with Gasteiger partial charge in [0.15, 0.2) is 0 Å². The number of nitrogens with zero attached hydrogens (tertiary/aromatic N) is 1. The van der Waals surface area contributed by atoms with Gasteiger partial charge in [0, 0.05) is 17.2 Å². The predicted octanol–water partition coefficient (Wildman–Crippen LogP) is 3.29. The first-order valence-electron chi connectivity index (χ1n) is 4.52. The molecule has 0 aliphatic rings. The van der Waals surface area contributed by atoms with E-state index >= 15 is 0 Å². The smallest absolute Gasteiger partial charge is 0.0833 e. The van der Waals surface area contributed by atoms with Gasteiger partial charge in [-0.2, -0.15) is 5.11 Å². The standard InChI is InChI=1S/C10H21N3/c1-9(2,3)8(13-11)7-12-10(4,5)6/h7,11-12H,1-6H3/b8-7-,13-11?. The molecule has 0 atom stereocenters. The third-order valence-corrected chi connectivity index (χ3v) is 1.53. The summed E-state index contributed by atoms with van der Waals surface area (Å²) in [5, 5.41) is 6.71. The molecule has 0 rings (SSSR count). The number of hydrogen-bond donors (Lipinski definition) is 2. The summed E-state index contributed by atoms with van der Waals surface area (Å²) in [5.74, 6) is 0. The summed E-state index contributed by atoms with van der Waals surface area (Å²) in [6.07, 6.45) is 1.83. The molecule has 13 heavy (non-hydrogen) atoms. The minimum absolute atomic E-state index is 0.0290. The molecular formula is C10H21N3. The summed E-state index contributed by atoms with van der Waals surface area (Å²) in [6, 6.07) is 0. The van der Waals surface area contributed by atoms with Gasteiger partial charge < -0.3 is 5.32 Å². The first kappa shape index (κ1) is 12.1. The number of hydrogen-bond acceptors (Lipinski definition) is 3. The van der Waals surface area contributed by atoms with E-state index in [1.165, 1.54) is 0 Å². The van der Waals surface area contributed by atoms with Crippen LogP contribution in [-0.2, 0) is 0 Å². The zero-order valence-corrected chi connectivity index (χ0v) is 9.52. The Kier molecular flexibility index (Phi) is 3.64. The molecule has 0 saturated heterocycles. The summed E-state index contributed by atoms with van der Waals surface area (Å²) in [4.78, 5) is 0. The Balaban J connectivity index is 4.52. The molecule has 76 valence electrons. The third kappa shape index (κ3) is 5.39. The molecule has 3 heteroatoms. The second-order valence-electron chi connectivity index (χ2n) is 5.29. The van der Waals surface area contributed by atoms with E-state index in [1.807, 2.05) is 27.0 Å². The Morgan fingerprint density at radius 2 is 1.62 bits per heavy atom. The van der Waals surface area contributed by atoms with Crippen LogP contribution in [0.4, 0.5) is 0 Å². The highest BCUT2D eigenvalue weighted by Gasteiger charge is 2.17. The monoisotopic (exact) mass is 183 g/mol. The summed E-state index contributed by atoms with van der Waals surface area (Å²) in [5.41, 5.74) is 7.77. The van der Waals surface area contributed by atoms with Gasteiger partial charge in [-0.05, 0) is 20.8 Å². The second-order valence-corrected chi connectivity index (χ2v) is 5.29. The maximum absolute atomic E-state index is 7.04. The first-order valence-corrected chi connectivity index (χ1v) is 4.52. The van der Waals surface area contributed by atoms with E-state index in [1.54, 1.807) is 0 Å². The molecule has 0 saturated carbocycles. The Hall–Kier alpha value is -0.860. The highest BCUT2D eigenvalue weighted by molar-refractivity contribution is 5.07. The number of rotatable bonds is 2. The molecule has 0 aromatic rings. The highest BCUT2D eigenvalue weighted by Crippen LogP contribution is 2.25. The molecule has 0 aromatic heterocycles. The summed E-state index contributed by atoms with van der Waals surface area (Å²) < 4.78 is 0. The Morgan fingerprint density at radius 1 is 1.15 bits per heavy atom. The predicted molar refractivity (Wildman–Crippen MR) is 55.6 cm³/mol. The largest absolute Gasteiger partial charge is 0.385 e. The molecule has 0 spiro atoms. The van der Waals surface area contributed by atoms with Crippen LogP contribution in [0.1, 0.15) is 41.5 Å².